The van der Waals surface area contributed by atoms with Gasteiger partial charge in [-0.1, -0.05) is 12.1 Å². The normalized spacial score (nSPS) is 10.7. The Labute approximate surface area is 123 Å². The number of carbonyl (C=O) groups is 1. The maximum absolute atomic E-state index is 12.5. The predicted molar refractivity (Wildman–Crippen MR) is 78.2 cm³/mol. The van der Waals surface area contributed by atoms with Gasteiger partial charge in [0.2, 0.25) is 0 Å². The number of ether oxygens (including phenoxy) is 1. The monoisotopic (exact) mass is 302 g/mol. The van der Waals surface area contributed by atoms with Crippen LogP contribution in [0.3, 0.4) is 0 Å². The first-order valence-electron chi connectivity index (χ1n) is 5.99. The van der Waals surface area contributed by atoms with Crippen molar-refractivity contribution in [2.45, 2.75) is 0 Å². The van der Waals surface area contributed by atoms with E-state index in [1.165, 1.54) is 17.9 Å². The summed E-state index contributed by atoms with van der Waals surface area (Å²) in [5.74, 6) is -0.542. The molecule has 3 aromatic rings. The fraction of sp³-hybridized carbons (Fsp3) is 0.0769. The van der Waals surface area contributed by atoms with Crippen LogP contribution in [0.5, 0.6) is 0 Å². The van der Waals surface area contributed by atoms with Crippen molar-refractivity contribution in [1.29, 1.82) is 0 Å². The minimum absolute atomic E-state index is 0.160. The Morgan fingerprint density at radius 2 is 2.14 bits per heavy atom. The van der Waals surface area contributed by atoms with E-state index in [0.29, 0.717) is 16.7 Å². The van der Waals surface area contributed by atoms with Crippen LogP contribution in [0.25, 0.3) is 16.7 Å². The number of methoxy groups -OCH3 is 1. The molecule has 0 fully saturated rings. The van der Waals surface area contributed by atoms with Crippen molar-refractivity contribution in [3.8, 4) is 5.69 Å². The van der Waals surface area contributed by atoms with Gasteiger partial charge >= 0.3 is 5.97 Å². The molecule has 0 atom stereocenters. The molecule has 2 heterocycles. The lowest BCUT2D eigenvalue weighted by Gasteiger charge is -2.10. The van der Waals surface area contributed by atoms with E-state index in [1.807, 2.05) is 0 Å². The molecule has 0 radical (unpaired) electrons. The third-order valence-electron chi connectivity index (χ3n) is 3.06. The minimum Gasteiger partial charge on any atom is -0.465 e. The molecule has 0 aliphatic rings. The van der Waals surface area contributed by atoms with E-state index in [-0.39, 0.29) is 15.9 Å². The molecular weight excluding hydrogens is 292 g/mol. The molecule has 0 saturated heterocycles. The van der Waals surface area contributed by atoms with Crippen molar-refractivity contribution in [3.63, 3.8) is 0 Å². The number of para-hydroxylation sites is 1. The van der Waals surface area contributed by atoms with Crippen LogP contribution >= 0.6 is 12.2 Å². The summed E-state index contributed by atoms with van der Waals surface area (Å²) in [7, 11) is 1.28. The van der Waals surface area contributed by atoms with Crippen LogP contribution < -0.4 is 5.56 Å². The number of nitrogens with zero attached hydrogens (tertiary/aromatic N) is 2. The minimum atomic E-state index is -0.542. The highest BCUT2D eigenvalue weighted by Gasteiger charge is 2.16. The SMILES string of the molecule is COC(=O)c1ccccc1-n1c(=S)[nH]c2[nH]ncc2c1=O. The van der Waals surface area contributed by atoms with Gasteiger partial charge in [0.05, 0.1) is 24.6 Å². The smallest absolute Gasteiger partial charge is 0.339 e. The number of hydrogen-bond acceptors (Lipinski definition) is 5. The van der Waals surface area contributed by atoms with E-state index < -0.39 is 5.97 Å². The number of rotatable bonds is 2. The van der Waals surface area contributed by atoms with Gasteiger partial charge in [0, 0.05) is 0 Å². The maximum atomic E-state index is 12.5. The summed E-state index contributed by atoms with van der Waals surface area (Å²) in [6.07, 6.45) is 1.40. The van der Waals surface area contributed by atoms with Crippen molar-refractivity contribution in [1.82, 2.24) is 19.7 Å². The summed E-state index contributed by atoms with van der Waals surface area (Å²) >= 11 is 5.20. The summed E-state index contributed by atoms with van der Waals surface area (Å²) in [5.41, 5.74) is 0.693. The molecule has 0 spiro atoms. The zero-order valence-electron chi connectivity index (χ0n) is 10.9. The van der Waals surface area contributed by atoms with E-state index in [9.17, 15) is 9.59 Å². The summed E-state index contributed by atoms with van der Waals surface area (Å²) in [4.78, 5) is 27.3. The second kappa shape index (κ2) is 4.98. The Kier molecular flexibility index (Phi) is 3.15. The molecule has 2 aromatic heterocycles. The van der Waals surface area contributed by atoms with Crippen molar-refractivity contribution in [2.75, 3.05) is 7.11 Å². The third kappa shape index (κ3) is 2.05. The highest BCUT2D eigenvalue weighted by Crippen LogP contribution is 2.15. The Morgan fingerprint density at radius 1 is 1.38 bits per heavy atom. The molecule has 1 aromatic carbocycles. The first kappa shape index (κ1) is 13.3. The number of benzene rings is 1. The van der Waals surface area contributed by atoms with E-state index in [2.05, 4.69) is 15.2 Å². The van der Waals surface area contributed by atoms with Crippen molar-refractivity contribution >= 4 is 29.2 Å². The van der Waals surface area contributed by atoms with Crippen molar-refractivity contribution in [2.24, 2.45) is 0 Å². The Balaban J connectivity index is 2.39. The second-order valence-corrected chi connectivity index (χ2v) is 4.62. The van der Waals surface area contributed by atoms with E-state index in [0.717, 1.165) is 0 Å². The van der Waals surface area contributed by atoms with Crippen LogP contribution in [0.4, 0.5) is 0 Å². The zero-order valence-corrected chi connectivity index (χ0v) is 11.7. The Morgan fingerprint density at radius 3 is 2.90 bits per heavy atom. The van der Waals surface area contributed by atoms with Gasteiger partial charge in [-0.05, 0) is 24.4 Å². The molecule has 7 nitrogen and oxygen atoms in total. The molecule has 21 heavy (non-hydrogen) atoms. The van der Waals surface area contributed by atoms with Gasteiger partial charge in [0.1, 0.15) is 11.0 Å². The Hall–Kier alpha value is -2.74. The molecular formula is C13H10N4O3S. The van der Waals surface area contributed by atoms with Crippen LogP contribution in [-0.4, -0.2) is 32.8 Å². The number of aromatic amines is 2. The van der Waals surface area contributed by atoms with E-state index in [1.54, 1.807) is 24.3 Å². The average molecular weight is 302 g/mol. The second-order valence-electron chi connectivity index (χ2n) is 4.24. The molecule has 2 N–H and O–H groups in total. The van der Waals surface area contributed by atoms with Crippen molar-refractivity contribution < 1.29 is 9.53 Å². The number of H-pyrrole nitrogens is 2. The summed E-state index contributed by atoms with van der Waals surface area (Å²) in [6.45, 7) is 0. The van der Waals surface area contributed by atoms with Crippen LogP contribution in [0.1, 0.15) is 10.4 Å². The average Bonchev–Trinajstić information content (AvgIpc) is 2.95. The molecule has 0 amide bonds. The molecule has 0 bridgehead atoms. The van der Waals surface area contributed by atoms with Crippen LogP contribution in [0, 0.1) is 4.77 Å². The lowest BCUT2D eigenvalue weighted by atomic mass is 10.1. The lowest BCUT2D eigenvalue weighted by molar-refractivity contribution is 0.0600. The van der Waals surface area contributed by atoms with Gasteiger partial charge in [0.15, 0.2) is 4.77 Å². The van der Waals surface area contributed by atoms with Gasteiger partial charge in [-0.25, -0.2) is 4.79 Å². The first-order valence-corrected chi connectivity index (χ1v) is 6.40. The van der Waals surface area contributed by atoms with Gasteiger partial charge in [-0.3, -0.25) is 14.5 Å². The number of aromatic nitrogens is 4. The fourth-order valence-electron chi connectivity index (χ4n) is 2.09. The number of nitrogens with one attached hydrogen (secondary N) is 2. The van der Waals surface area contributed by atoms with Gasteiger partial charge in [-0.2, -0.15) is 5.10 Å². The fourth-order valence-corrected chi connectivity index (χ4v) is 2.37. The van der Waals surface area contributed by atoms with Gasteiger partial charge < -0.3 is 9.72 Å². The number of fused-ring (bicyclic) bond motifs is 1. The summed E-state index contributed by atoms with van der Waals surface area (Å²) in [6, 6.07) is 6.59. The van der Waals surface area contributed by atoms with Crippen molar-refractivity contribution in [3.05, 3.63) is 51.2 Å². The summed E-state index contributed by atoms with van der Waals surface area (Å²) < 4.78 is 6.14. The molecule has 106 valence electrons. The molecule has 3 rings (SSSR count). The topological polar surface area (TPSA) is 92.8 Å². The molecule has 8 heteroatoms. The van der Waals surface area contributed by atoms with Crippen LogP contribution in [0.15, 0.2) is 35.3 Å². The maximum Gasteiger partial charge on any atom is 0.339 e. The van der Waals surface area contributed by atoms with Gasteiger partial charge in [0.25, 0.3) is 5.56 Å². The third-order valence-corrected chi connectivity index (χ3v) is 3.34. The molecule has 0 unspecified atom stereocenters. The largest absolute Gasteiger partial charge is 0.465 e. The molecule has 0 aliphatic carbocycles. The van der Waals surface area contributed by atoms with Gasteiger partial charge in [-0.15, -0.1) is 0 Å². The summed E-state index contributed by atoms with van der Waals surface area (Å²) in [5, 5.41) is 6.81. The lowest BCUT2D eigenvalue weighted by Crippen LogP contribution is -2.22. The van der Waals surface area contributed by atoms with E-state index in [4.69, 9.17) is 17.0 Å². The molecule has 0 aliphatic heterocycles. The zero-order chi connectivity index (χ0) is 15.0. The highest BCUT2D eigenvalue weighted by molar-refractivity contribution is 7.71. The number of esters is 1. The van der Waals surface area contributed by atoms with E-state index >= 15 is 0 Å². The Bertz CT molecular complexity index is 954. The van der Waals surface area contributed by atoms with Crippen LogP contribution in [0.2, 0.25) is 0 Å². The quantitative estimate of drug-likeness (QED) is 0.553. The molecule has 0 saturated carbocycles. The predicted octanol–water partition coefficient (Wildman–Crippen LogP) is 1.56. The first-order chi connectivity index (χ1) is 10.1. The van der Waals surface area contributed by atoms with Crippen LogP contribution in [-0.2, 0) is 4.74 Å². The number of carbonyl (C=O) groups excluding carboxylic acids is 1. The standard InChI is InChI=1S/C13H10N4O3S/c1-20-12(19)7-4-2-3-5-9(7)17-11(18)8-6-14-16-10(8)15-13(17)21/h2-6H,1H3,(H2,14,15,16,21). The highest BCUT2D eigenvalue weighted by atomic mass is 32.1. The number of hydrogen-bond donors (Lipinski definition) is 2.